The number of urea groups is 1. The van der Waals surface area contributed by atoms with Crippen LogP contribution >= 0.6 is 0 Å². The third-order valence-electron chi connectivity index (χ3n) is 9.24. The van der Waals surface area contributed by atoms with Gasteiger partial charge in [-0.05, 0) is 87.1 Å². The molecule has 0 aliphatic heterocycles. The van der Waals surface area contributed by atoms with Crippen LogP contribution in [0.15, 0.2) is 97.1 Å². The van der Waals surface area contributed by atoms with Crippen molar-refractivity contribution in [2.75, 3.05) is 26.3 Å². The van der Waals surface area contributed by atoms with Gasteiger partial charge >= 0.3 is 6.03 Å². The van der Waals surface area contributed by atoms with Gasteiger partial charge in [0.1, 0.15) is 17.4 Å². The molecule has 5 rings (SSSR count). The minimum atomic E-state index is -0.903. The highest BCUT2D eigenvalue weighted by Gasteiger charge is 2.51. The number of nitrogens with zero attached hydrogens (tertiary/aromatic N) is 1. The van der Waals surface area contributed by atoms with Gasteiger partial charge in [0.15, 0.2) is 6.29 Å². The van der Waals surface area contributed by atoms with Crippen molar-refractivity contribution >= 4 is 28.6 Å². The molecule has 10 heteroatoms. The van der Waals surface area contributed by atoms with Crippen LogP contribution in [-0.4, -0.2) is 67.0 Å². The summed E-state index contributed by atoms with van der Waals surface area (Å²) in [7, 11) is 0. The summed E-state index contributed by atoms with van der Waals surface area (Å²) in [5.41, 5.74) is 1.65. The Morgan fingerprint density at radius 2 is 1.45 bits per heavy atom. The van der Waals surface area contributed by atoms with E-state index >= 15 is 0 Å². The highest BCUT2D eigenvalue weighted by Crippen LogP contribution is 2.45. The van der Waals surface area contributed by atoms with Crippen LogP contribution in [0.5, 0.6) is 5.75 Å². The number of hydrogen-bond donors (Lipinski definition) is 3. The van der Waals surface area contributed by atoms with Crippen molar-refractivity contribution in [1.29, 1.82) is 0 Å². The molecule has 0 bridgehead atoms. The van der Waals surface area contributed by atoms with Crippen LogP contribution in [0.2, 0.25) is 0 Å². The number of amides is 4. The monoisotopic (exact) mass is 722 g/mol. The molecule has 53 heavy (non-hydrogen) atoms. The minimum Gasteiger partial charge on any atom is -0.488 e. The number of carbonyl (C=O) groups excluding carboxylic acids is 3. The van der Waals surface area contributed by atoms with Gasteiger partial charge in [0.05, 0.1) is 12.0 Å². The van der Waals surface area contributed by atoms with E-state index in [1.807, 2.05) is 113 Å². The van der Waals surface area contributed by atoms with Gasteiger partial charge in [0.25, 0.3) is 0 Å². The van der Waals surface area contributed by atoms with Gasteiger partial charge in [0, 0.05) is 39.3 Å². The van der Waals surface area contributed by atoms with Crippen molar-refractivity contribution in [3.05, 3.63) is 114 Å². The Morgan fingerprint density at radius 3 is 2.11 bits per heavy atom. The third-order valence-corrected chi connectivity index (χ3v) is 9.24. The van der Waals surface area contributed by atoms with Crippen LogP contribution in [-0.2, 0) is 38.6 Å². The second-order valence-electron chi connectivity index (χ2n) is 14.6. The van der Waals surface area contributed by atoms with Gasteiger partial charge in [-0.15, -0.1) is 0 Å². The zero-order valence-electron chi connectivity index (χ0n) is 31.7. The van der Waals surface area contributed by atoms with Crippen molar-refractivity contribution < 1.29 is 28.6 Å². The molecule has 0 spiro atoms. The summed E-state index contributed by atoms with van der Waals surface area (Å²) < 4.78 is 17.9. The first kappa shape index (κ1) is 39.3. The fraction of sp³-hybridized carbons (Fsp3) is 0.419. The molecule has 1 aliphatic rings. The van der Waals surface area contributed by atoms with Gasteiger partial charge < -0.3 is 35.1 Å². The van der Waals surface area contributed by atoms with E-state index in [0.29, 0.717) is 32.6 Å². The van der Waals surface area contributed by atoms with E-state index < -0.39 is 17.7 Å². The number of rotatable bonds is 18. The number of fused-ring (bicyclic) bond motifs is 1. The Labute approximate surface area is 313 Å². The summed E-state index contributed by atoms with van der Waals surface area (Å²) in [6.07, 6.45) is 0.811. The van der Waals surface area contributed by atoms with Crippen molar-refractivity contribution in [3.63, 3.8) is 0 Å². The van der Waals surface area contributed by atoms with Gasteiger partial charge in [-0.3, -0.25) is 9.59 Å². The lowest BCUT2D eigenvalue weighted by Crippen LogP contribution is -2.54. The molecule has 4 aromatic rings. The quantitative estimate of drug-likeness (QED) is 0.0979. The molecule has 1 aliphatic carbocycles. The van der Waals surface area contributed by atoms with Crippen LogP contribution in [0, 0.1) is 5.41 Å². The summed E-state index contributed by atoms with van der Waals surface area (Å²) in [6.45, 7) is 11.6. The third kappa shape index (κ3) is 11.5. The molecule has 10 nitrogen and oxygen atoms in total. The predicted octanol–water partition coefficient (Wildman–Crippen LogP) is 6.75. The van der Waals surface area contributed by atoms with Crippen LogP contribution in [0.4, 0.5) is 4.79 Å². The maximum Gasteiger partial charge on any atom is 0.315 e. The lowest BCUT2D eigenvalue weighted by atomic mass is 10.00. The number of benzene rings is 4. The lowest BCUT2D eigenvalue weighted by Gasteiger charge is -2.32. The number of carbonyl (C=O) groups is 3. The zero-order chi connectivity index (χ0) is 37.8. The molecule has 1 atom stereocenters. The van der Waals surface area contributed by atoms with Gasteiger partial charge in [-0.25, -0.2) is 4.79 Å². The Kier molecular flexibility index (Phi) is 13.5. The maximum atomic E-state index is 14.9. The predicted molar refractivity (Wildman–Crippen MR) is 207 cm³/mol. The second-order valence-corrected chi connectivity index (χ2v) is 14.6. The average molecular weight is 723 g/mol. The molecule has 4 amide bonds. The second kappa shape index (κ2) is 18.2. The Hall–Kier alpha value is -4.93. The first-order valence-electron chi connectivity index (χ1n) is 18.6. The molecule has 0 aromatic heterocycles. The first-order chi connectivity index (χ1) is 25.5. The topological polar surface area (TPSA) is 118 Å². The van der Waals surface area contributed by atoms with E-state index in [9.17, 15) is 14.4 Å². The highest BCUT2D eigenvalue weighted by atomic mass is 16.7. The molecular weight excluding hydrogens is 668 g/mol. The molecule has 0 radical (unpaired) electrons. The van der Waals surface area contributed by atoms with E-state index in [-0.39, 0.29) is 49.5 Å². The SMILES string of the molecule is CCOC(CN(Cc1cccc2ccccc12)C(=O)C(Cc1ccc(OC(C)(C)C)cc1)NC(=O)C1(CNC(=O)NCc2ccccc2)CC1)OCC. The van der Waals surface area contributed by atoms with E-state index in [1.165, 1.54) is 0 Å². The molecule has 0 saturated heterocycles. The van der Waals surface area contributed by atoms with Gasteiger partial charge in [-0.2, -0.15) is 0 Å². The van der Waals surface area contributed by atoms with Crippen molar-refractivity contribution in [1.82, 2.24) is 20.9 Å². The number of hydrogen-bond acceptors (Lipinski definition) is 6. The molecule has 1 fully saturated rings. The molecule has 1 unspecified atom stereocenters. The normalized spacial score (nSPS) is 14.0. The van der Waals surface area contributed by atoms with Crippen LogP contribution in [0.25, 0.3) is 10.8 Å². The molecule has 3 N–H and O–H groups in total. The molecule has 1 saturated carbocycles. The Balaban J connectivity index is 1.38. The Bertz CT molecular complexity index is 1790. The minimum absolute atomic E-state index is 0.162. The largest absolute Gasteiger partial charge is 0.488 e. The number of ether oxygens (including phenoxy) is 3. The molecule has 0 heterocycles. The van der Waals surface area contributed by atoms with Gasteiger partial charge in [-0.1, -0.05) is 84.9 Å². The lowest BCUT2D eigenvalue weighted by molar-refractivity contribution is -0.161. The summed E-state index contributed by atoms with van der Waals surface area (Å²) in [5.74, 6) is 0.203. The fourth-order valence-corrected chi connectivity index (χ4v) is 6.31. The van der Waals surface area contributed by atoms with E-state index in [4.69, 9.17) is 14.2 Å². The summed E-state index contributed by atoms with van der Waals surface area (Å²) in [6, 6.07) is 30.2. The summed E-state index contributed by atoms with van der Waals surface area (Å²) in [5, 5.41) is 11.0. The molecular formula is C43H54N4O6. The fourth-order valence-electron chi connectivity index (χ4n) is 6.31. The smallest absolute Gasteiger partial charge is 0.315 e. The summed E-state index contributed by atoms with van der Waals surface area (Å²) >= 11 is 0. The van der Waals surface area contributed by atoms with Crippen molar-refractivity contribution in [3.8, 4) is 5.75 Å². The molecule has 4 aromatic carbocycles. The number of nitrogens with one attached hydrogen (secondary N) is 3. The average Bonchev–Trinajstić information content (AvgIpc) is 3.94. The van der Waals surface area contributed by atoms with Crippen molar-refractivity contribution in [2.24, 2.45) is 5.41 Å². The standard InChI is InChI=1S/C43H54N4O6/c1-6-51-38(52-7-2)29-47(28-34-18-13-17-33-16-11-12-19-36(33)34)39(48)37(26-31-20-22-35(23-21-31)53-42(3,4)5)46-40(49)43(24-25-43)30-45-41(50)44-27-32-14-9-8-10-15-32/h8-23,37-38H,6-7,24-30H2,1-5H3,(H,46,49)(H2,44,45,50). The van der Waals surface area contributed by atoms with Crippen LogP contribution in [0.1, 0.15) is 64.2 Å². The van der Waals surface area contributed by atoms with Crippen molar-refractivity contribution in [2.45, 2.75) is 84.9 Å². The van der Waals surface area contributed by atoms with E-state index in [2.05, 4.69) is 34.1 Å². The maximum absolute atomic E-state index is 14.9. The van der Waals surface area contributed by atoms with Gasteiger partial charge in [0.2, 0.25) is 11.8 Å². The highest BCUT2D eigenvalue weighted by molar-refractivity contribution is 5.93. The van der Waals surface area contributed by atoms with Crippen LogP contribution < -0.4 is 20.7 Å². The van der Waals surface area contributed by atoms with Crippen LogP contribution in [0.3, 0.4) is 0 Å². The van der Waals surface area contributed by atoms with E-state index in [0.717, 1.165) is 33.2 Å². The molecule has 282 valence electrons. The zero-order valence-corrected chi connectivity index (χ0v) is 31.7. The first-order valence-corrected chi connectivity index (χ1v) is 18.6. The summed E-state index contributed by atoms with van der Waals surface area (Å²) in [4.78, 5) is 43.4. The Morgan fingerprint density at radius 1 is 0.792 bits per heavy atom. The van der Waals surface area contributed by atoms with E-state index in [1.54, 1.807) is 4.90 Å².